The number of nitrogens with one attached hydrogen (secondary N) is 1. The van der Waals surface area contributed by atoms with Crippen LogP contribution < -0.4 is 10.1 Å². The van der Waals surface area contributed by atoms with E-state index < -0.39 is 12.6 Å². The normalized spacial score (nSPS) is 15.3. The molecule has 0 fully saturated rings. The zero-order valence-corrected chi connectivity index (χ0v) is 16.5. The molecule has 1 atom stereocenters. The van der Waals surface area contributed by atoms with Crippen molar-refractivity contribution in [3.63, 3.8) is 0 Å². The number of carbonyl (C=O) groups is 2. The summed E-state index contributed by atoms with van der Waals surface area (Å²) in [7, 11) is 0. The first kappa shape index (κ1) is 19.5. The monoisotopic (exact) mass is 402 g/mol. The van der Waals surface area contributed by atoms with E-state index in [9.17, 15) is 9.59 Å². The van der Waals surface area contributed by atoms with Crippen molar-refractivity contribution in [3.8, 4) is 5.75 Å². The molecule has 6 nitrogen and oxygen atoms in total. The average molecular weight is 402 g/mol. The number of hydrogen-bond acceptors (Lipinski definition) is 4. The minimum Gasteiger partial charge on any atom is -0.482 e. The number of carboxylic acid groups (broad SMARTS) is 1. The van der Waals surface area contributed by atoms with Crippen molar-refractivity contribution in [2.24, 2.45) is 0 Å². The average Bonchev–Trinajstić information content (AvgIpc) is 2.76. The SMILES string of the molecule is Cc1ccc(CN2C(=O)c3ccccc3N[C@H]2c2ccc(OCC(=O)O)cc2)cc1. The third-order valence-corrected chi connectivity index (χ3v) is 5.05. The Morgan fingerprint density at radius 1 is 1.03 bits per heavy atom. The lowest BCUT2D eigenvalue weighted by molar-refractivity contribution is -0.139. The van der Waals surface area contributed by atoms with Gasteiger partial charge in [0.1, 0.15) is 11.9 Å². The Morgan fingerprint density at radius 3 is 2.43 bits per heavy atom. The fraction of sp³-hybridized carbons (Fsp3) is 0.167. The molecule has 0 bridgehead atoms. The van der Waals surface area contributed by atoms with E-state index in [0.717, 1.165) is 16.8 Å². The van der Waals surface area contributed by atoms with E-state index in [-0.39, 0.29) is 12.1 Å². The number of aliphatic carboxylic acids is 1. The van der Waals surface area contributed by atoms with Crippen LogP contribution in [-0.2, 0) is 11.3 Å². The van der Waals surface area contributed by atoms with Gasteiger partial charge in [0.05, 0.1) is 5.56 Å². The number of ether oxygens (including phenoxy) is 1. The van der Waals surface area contributed by atoms with E-state index in [1.807, 2.05) is 67.6 Å². The van der Waals surface area contributed by atoms with E-state index in [4.69, 9.17) is 9.84 Å². The minimum atomic E-state index is -1.03. The molecule has 0 saturated heterocycles. The molecule has 6 heteroatoms. The molecule has 0 unspecified atom stereocenters. The number of carbonyl (C=O) groups excluding carboxylic acids is 1. The lowest BCUT2D eigenvalue weighted by Gasteiger charge is -2.38. The maximum Gasteiger partial charge on any atom is 0.341 e. The Balaban J connectivity index is 1.65. The van der Waals surface area contributed by atoms with Crippen LogP contribution in [0.1, 0.15) is 33.2 Å². The van der Waals surface area contributed by atoms with E-state index in [0.29, 0.717) is 17.9 Å². The van der Waals surface area contributed by atoms with Crippen molar-refractivity contribution in [1.29, 1.82) is 0 Å². The Labute approximate surface area is 174 Å². The van der Waals surface area contributed by atoms with Crippen LogP contribution in [0.3, 0.4) is 0 Å². The highest BCUT2D eigenvalue weighted by Gasteiger charge is 2.32. The molecule has 0 saturated carbocycles. The molecule has 2 N–H and O–H groups in total. The molecule has 1 aliphatic heterocycles. The van der Waals surface area contributed by atoms with Gasteiger partial charge < -0.3 is 20.1 Å². The van der Waals surface area contributed by atoms with E-state index in [1.165, 1.54) is 5.56 Å². The van der Waals surface area contributed by atoms with Crippen molar-refractivity contribution in [2.75, 3.05) is 11.9 Å². The lowest BCUT2D eigenvalue weighted by Crippen LogP contribution is -2.42. The largest absolute Gasteiger partial charge is 0.482 e. The molecule has 0 aromatic heterocycles. The molecule has 1 aliphatic rings. The summed E-state index contributed by atoms with van der Waals surface area (Å²) in [5.41, 5.74) is 4.52. The first-order valence-corrected chi connectivity index (χ1v) is 9.68. The quantitative estimate of drug-likeness (QED) is 0.645. The topological polar surface area (TPSA) is 78.9 Å². The van der Waals surface area contributed by atoms with Gasteiger partial charge in [-0.1, -0.05) is 54.1 Å². The van der Waals surface area contributed by atoms with Gasteiger partial charge in [0.2, 0.25) is 0 Å². The fourth-order valence-corrected chi connectivity index (χ4v) is 3.50. The number of hydrogen-bond donors (Lipinski definition) is 2. The van der Waals surface area contributed by atoms with Crippen LogP contribution >= 0.6 is 0 Å². The highest BCUT2D eigenvalue weighted by atomic mass is 16.5. The molecular formula is C24H22N2O4. The number of para-hydroxylation sites is 1. The first-order valence-electron chi connectivity index (χ1n) is 9.68. The summed E-state index contributed by atoms with van der Waals surface area (Å²) in [6.07, 6.45) is -0.359. The standard InChI is InChI=1S/C24H22N2O4/c1-16-6-8-17(9-7-16)14-26-23(25-21-5-3-2-4-20(21)24(26)29)18-10-12-19(13-11-18)30-15-22(27)28/h2-13,23,25H,14-15H2,1H3,(H,27,28)/t23-/m1/s1. The molecule has 3 aromatic rings. The third-order valence-electron chi connectivity index (χ3n) is 5.05. The summed E-state index contributed by atoms with van der Waals surface area (Å²) in [6, 6.07) is 22.7. The second-order valence-corrected chi connectivity index (χ2v) is 7.26. The second kappa shape index (κ2) is 8.29. The molecule has 0 aliphatic carbocycles. The van der Waals surface area contributed by atoms with Crippen LogP contribution in [0.2, 0.25) is 0 Å². The number of anilines is 1. The number of benzene rings is 3. The van der Waals surface area contributed by atoms with E-state index >= 15 is 0 Å². The third kappa shape index (κ3) is 4.12. The van der Waals surface area contributed by atoms with Gasteiger partial charge in [-0.05, 0) is 42.3 Å². The van der Waals surface area contributed by atoms with Gasteiger partial charge in [0.25, 0.3) is 5.91 Å². The smallest absolute Gasteiger partial charge is 0.341 e. The zero-order chi connectivity index (χ0) is 21.1. The maximum absolute atomic E-state index is 13.3. The van der Waals surface area contributed by atoms with Crippen molar-refractivity contribution in [3.05, 3.63) is 95.1 Å². The molecule has 152 valence electrons. The first-order chi connectivity index (χ1) is 14.5. The second-order valence-electron chi connectivity index (χ2n) is 7.26. The number of amides is 1. The molecular weight excluding hydrogens is 380 g/mol. The molecule has 0 spiro atoms. The van der Waals surface area contributed by atoms with Crippen LogP contribution in [0.4, 0.5) is 5.69 Å². The molecule has 1 heterocycles. The summed E-state index contributed by atoms with van der Waals surface area (Å²) < 4.78 is 5.22. The fourth-order valence-electron chi connectivity index (χ4n) is 3.50. The van der Waals surface area contributed by atoms with Gasteiger partial charge in [-0.15, -0.1) is 0 Å². The summed E-state index contributed by atoms with van der Waals surface area (Å²) in [5.74, 6) is -0.602. The number of rotatable bonds is 6. The van der Waals surface area contributed by atoms with Gasteiger partial charge in [0.15, 0.2) is 6.61 Å². The van der Waals surface area contributed by atoms with Gasteiger partial charge in [-0.2, -0.15) is 0 Å². The predicted octanol–water partition coefficient (Wildman–Crippen LogP) is 4.23. The van der Waals surface area contributed by atoms with Gasteiger partial charge in [-0.25, -0.2) is 4.79 Å². The Morgan fingerprint density at radius 2 is 1.73 bits per heavy atom. The van der Waals surface area contributed by atoms with Crippen molar-refractivity contribution in [1.82, 2.24) is 4.90 Å². The van der Waals surface area contributed by atoms with Crippen molar-refractivity contribution < 1.29 is 19.4 Å². The summed E-state index contributed by atoms with van der Waals surface area (Å²) in [5, 5.41) is 12.2. The van der Waals surface area contributed by atoms with Crippen LogP contribution in [0.15, 0.2) is 72.8 Å². The molecule has 1 amide bonds. The van der Waals surface area contributed by atoms with Crippen LogP contribution in [0, 0.1) is 6.92 Å². The Kier molecular flexibility index (Phi) is 5.39. The highest BCUT2D eigenvalue weighted by Crippen LogP contribution is 2.34. The maximum atomic E-state index is 13.3. The summed E-state index contributed by atoms with van der Waals surface area (Å²) in [4.78, 5) is 25.8. The van der Waals surface area contributed by atoms with Gasteiger partial charge in [-0.3, -0.25) is 4.79 Å². The molecule has 30 heavy (non-hydrogen) atoms. The summed E-state index contributed by atoms with van der Waals surface area (Å²) >= 11 is 0. The van der Waals surface area contributed by atoms with E-state index in [1.54, 1.807) is 17.0 Å². The molecule has 4 rings (SSSR count). The number of fused-ring (bicyclic) bond motifs is 1. The van der Waals surface area contributed by atoms with Crippen LogP contribution in [0.25, 0.3) is 0 Å². The Bertz CT molecular complexity index is 1060. The minimum absolute atomic E-state index is 0.0406. The van der Waals surface area contributed by atoms with Crippen molar-refractivity contribution >= 4 is 17.6 Å². The molecule has 3 aromatic carbocycles. The van der Waals surface area contributed by atoms with Crippen LogP contribution in [-0.4, -0.2) is 28.5 Å². The highest BCUT2D eigenvalue weighted by molar-refractivity contribution is 6.01. The number of nitrogens with zero attached hydrogens (tertiary/aromatic N) is 1. The zero-order valence-electron chi connectivity index (χ0n) is 16.5. The Hall–Kier alpha value is -3.80. The van der Waals surface area contributed by atoms with Crippen molar-refractivity contribution in [2.45, 2.75) is 19.6 Å². The van der Waals surface area contributed by atoms with Crippen LogP contribution in [0.5, 0.6) is 5.75 Å². The lowest BCUT2D eigenvalue weighted by atomic mass is 10.0. The number of carboxylic acids is 1. The summed E-state index contributed by atoms with van der Waals surface area (Å²) in [6.45, 7) is 2.10. The predicted molar refractivity (Wildman–Crippen MR) is 113 cm³/mol. The van der Waals surface area contributed by atoms with Gasteiger partial charge >= 0.3 is 5.97 Å². The van der Waals surface area contributed by atoms with Gasteiger partial charge in [0, 0.05) is 12.2 Å². The number of aryl methyl sites for hydroxylation is 1. The van der Waals surface area contributed by atoms with E-state index in [2.05, 4.69) is 5.32 Å². The molecule has 0 radical (unpaired) electrons.